The van der Waals surface area contributed by atoms with E-state index in [0.29, 0.717) is 18.4 Å². The smallest absolute Gasteiger partial charge is 0.256 e. The van der Waals surface area contributed by atoms with Crippen LogP contribution in [0.15, 0.2) is 52.3 Å². The van der Waals surface area contributed by atoms with Crippen molar-refractivity contribution in [1.29, 1.82) is 0 Å². The largest absolute Gasteiger partial charge is 0.321 e. The van der Waals surface area contributed by atoms with Crippen LogP contribution in [-0.2, 0) is 11.2 Å². The van der Waals surface area contributed by atoms with Gasteiger partial charge >= 0.3 is 0 Å². The average Bonchev–Trinajstić information content (AvgIpc) is 2.83. The van der Waals surface area contributed by atoms with E-state index in [9.17, 15) is 9.59 Å². The van der Waals surface area contributed by atoms with Crippen molar-refractivity contribution >= 4 is 29.1 Å². The third kappa shape index (κ3) is 4.44. The second-order valence-corrected chi connectivity index (χ2v) is 8.72. The van der Waals surface area contributed by atoms with E-state index in [-0.39, 0.29) is 11.7 Å². The Morgan fingerprint density at radius 2 is 1.85 bits per heavy atom. The van der Waals surface area contributed by atoms with Crippen molar-refractivity contribution in [3.63, 3.8) is 0 Å². The standard InChI is InChI=1S/C23H25NO2S/c25-18(12-10-16-6-2-1-3-7-16)14-17-11-13-21-19(15-17)23(26)24-20-8-4-5-9-22(20)27-21/h4-5,8-9,11,13,15-16H,1-3,6-7,10,12,14H2,(H,24,26). The first-order valence-corrected chi connectivity index (χ1v) is 10.7. The monoisotopic (exact) mass is 379 g/mol. The lowest BCUT2D eigenvalue weighted by atomic mass is 9.85. The highest BCUT2D eigenvalue weighted by Crippen LogP contribution is 2.38. The lowest BCUT2D eigenvalue weighted by molar-refractivity contribution is -0.118. The van der Waals surface area contributed by atoms with Gasteiger partial charge in [0.25, 0.3) is 5.91 Å². The van der Waals surface area contributed by atoms with Crippen molar-refractivity contribution in [2.45, 2.75) is 61.2 Å². The molecule has 1 N–H and O–H groups in total. The number of para-hydroxylation sites is 1. The van der Waals surface area contributed by atoms with Crippen molar-refractivity contribution in [3.8, 4) is 0 Å². The quantitative estimate of drug-likeness (QED) is 0.706. The van der Waals surface area contributed by atoms with Gasteiger partial charge in [-0.1, -0.05) is 62.1 Å². The maximum Gasteiger partial charge on any atom is 0.256 e. The number of Topliss-reactive ketones (excluding diaryl/α,β-unsaturated/α-hetero) is 1. The minimum absolute atomic E-state index is 0.0982. The van der Waals surface area contributed by atoms with Crippen LogP contribution in [0.25, 0.3) is 0 Å². The average molecular weight is 380 g/mol. The number of amides is 1. The third-order valence-electron chi connectivity index (χ3n) is 5.60. The summed E-state index contributed by atoms with van der Waals surface area (Å²) in [4.78, 5) is 27.1. The number of carbonyl (C=O) groups excluding carboxylic acids is 2. The van der Waals surface area contributed by atoms with Crippen LogP contribution in [0.5, 0.6) is 0 Å². The number of fused-ring (bicyclic) bond motifs is 2. The molecule has 1 heterocycles. The molecule has 2 aromatic carbocycles. The van der Waals surface area contributed by atoms with Crippen LogP contribution >= 0.6 is 11.8 Å². The first kappa shape index (κ1) is 18.3. The second-order valence-electron chi connectivity index (χ2n) is 7.64. The van der Waals surface area contributed by atoms with Crippen LogP contribution in [0.3, 0.4) is 0 Å². The van der Waals surface area contributed by atoms with Crippen molar-refractivity contribution in [1.82, 2.24) is 0 Å². The number of hydrogen-bond acceptors (Lipinski definition) is 3. The molecule has 0 atom stereocenters. The van der Waals surface area contributed by atoms with Gasteiger partial charge in [0.1, 0.15) is 5.78 Å². The van der Waals surface area contributed by atoms with E-state index < -0.39 is 0 Å². The second kappa shape index (κ2) is 8.30. The molecule has 27 heavy (non-hydrogen) atoms. The zero-order valence-electron chi connectivity index (χ0n) is 15.5. The summed E-state index contributed by atoms with van der Waals surface area (Å²) in [6.45, 7) is 0. The Kier molecular flexibility index (Phi) is 5.63. The summed E-state index contributed by atoms with van der Waals surface area (Å²) < 4.78 is 0. The fourth-order valence-corrected chi connectivity index (χ4v) is 5.09. The van der Waals surface area contributed by atoms with Crippen LogP contribution in [0.4, 0.5) is 5.69 Å². The highest BCUT2D eigenvalue weighted by Gasteiger charge is 2.21. The van der Waals surface area contributed by atoms with Gasteiger partial charge in [0.15, 0.2) is 0 Å². The van der Waals surface area contributed by atoms with Crippen molar-refractivity contribution in [3.05, 3.63) is 53.6 Å². The lowest BCUT2D eigenvalue weighted by Gasteiger charge is -2.20. The number of anilines is 1. The fraction of sp³-hybridized carbons (Fsp3) is 0.391. The summed E-state index contributed by atoms with van der Waals surface area (Å²) in [5.74, 6) is 0.917. The van der Waals surface area contributed by atoms with E-state index in [2.05, 4.69) is 5.32 Å². The van der Waals surface area contributed by atoms with Gasteiger partial charge in [-0.25, -0.2) is 0 Å². The number of hydrogen-bond donors (Lipinski definition) is 1. The molecule has 0 radical (unpaired) electrons. The molecule has 1 saturated carbocycles. The SMILES string of the molecule is O=C(CCC1CCCCC1)Cc1ccc2c(c1)C(=O)Nc1ccccc1S2. The van der Waals surface area contributed by atoms with E-state index in [1.165, 1.54) is 32.1 Å². The molecule has 4 rings (SSSR count). The molecule has 1 aliphatic carbocycles. The van der Waals surface area contributed by atoms with Crippen LogP contribution in [0.1, 0.15) is 60.9 Å². The molecular formula is C23H25NO2S. The van der Waals surface area contributed by atoms with Crippen molar-refractivity contribution < 1.29 is 9.59 Å². The molecule has 0 saturated heterocycles. The molecular weight excluding hydrogens is 354 g/mol. The normalized spacial score (nSPS) is 16.8. The Morgan fingerprint density at radius 1 is 1.04 bits per heavy atom. The maximum absolute atomic E-state index is 12.6. The molecule has 4 heteroatoms. The van der Waals surface area contributed by atoms with E-state index in [0.717, 1.165) is 33.4 Å². The van der Waals surface area contributed by atoms with Gasteiger partial charge in [0.05, 0.1) is 11.3 Å². The Hall–Kier alpha value is -2.07. The highest BCUT2D eigenvalue weighted by molar-refractivity contribution is 7.99. The van der Waals surface area contributed by atoms with Crippen LogP contribution in [0, 0.1) is 5.92 Å². The summed E-state index contributed by atoms with van der Waals surface area (Å²) in [7, 11) is 0. The van der Waals surface area contributed by atoms with E-state index in [4.69, 9.17) is 0 Å². The number of nitrogens with one attached hydrogen (secondary N) is 1. The topological polar surface area (TPSA) is 46.2 Å². The molecule has 0 aromatic heterocycles. The summed E-state index contributed by atoms with van der Waals surface area (Å²) in [6, 6.07) is 13.7. The predicted molar refractivity (Wildman–Crippen MR) is 109 cm³/mol. The van der Waals surface area contributed by atoms with Gasteiger partial charge in [-0.15, -0.1) is 0 Å². The molecule has 1 aliphatic heterocycles. The zero-order chi connectivity index (χ0) is 18.6. The number of ketones is 1. The van der Waals surface area contributed by atoms with Gasteiger partial charge in [0, 0.05) is 22.6 Å². The van der Waals surface area contributed by atoms with Crippen LogP contribution < -0.4 is 5.32 Å². The summed E-state index contributed by atoms with van der Waals surface area (Å²) in [5, 5.41) is 2.98. The fourth-order valence-electron chi connectivity index (χ4n) is 4.08. The van der Waals surface area contributed by atoms with Crippen molar-refractivity contribution in [2.24, 2.45) is 5.92 Å². The highest BCUT2D eigenvalue weighted by atomic mass is 32.2. The molecule has 2 aliphatic rings. The van der Waals surface area contributed by atoms with Gasteiger partial charge in [0.2, 0.25) is 0 Å². The summed E-state index contributed by atoms with van der Waals surface area (Å²) in [6.07, 6.45) is 8.66. The van der Waals surface area contributed by atoms with Crippen LogP contribution in [-0.4, -0.2) is 11.7 Å². The molecule has 0 unspecified atom stereocenters. The van der Waals surface area contributed by atoms with E-state index >= 15 is 0 Å². The Labute approximate surface area is 164 Å². The molecule has 2 aromatic rings. The van der Waals surface area contributed by atoms with Crippen LogP contribution in [0.2, 0.25) is 0 Å². The molecule has 1 fully saturated rings. The number of rotatable bonds is 5. The summed E-state index contributed by atoms with van der Waals surface area (Å²) in [5.41, 5.74) is 2.44. The van der Waals surface area contributed by atoms with E-state index in [1.54, 1.807) is 11.8 Å². The molecule has 0 spiro atoms. The zero-order valence-corrected chi connectivity index (χ0v) is 16.3. The van der Waals surface area contributed by atoms with Crippen molar-refractivity contribution in [2.75, 3.05) is 5.32 Å². The lowest BCUT2D eigenvalue weighted by Crippen LogP contribution is -2.13. The first-order chi connectivity index (χ1) is 13.2. The number of benzene rings is 2. The molecule has 3 nitrogen and oxygen atoms in total. The van der Waals surface area contributed by atoms with Gasteiger partial charge in [-0.2, -0.15) is 0 Å². The Balaban J connectivity index is 1.43. The minimum Gasteiger partial charge on any atom is -0.321 e. The van der Waals surface area contributed by atoms with Gasteiger partial charge in [-0.05, 0) is 42.2 Å². The number of carbonyl (C=O) groups is 2. The third-order valence-corrected chi connectivity index (χ3v) is 6.75. The molecule has 1 amide bonds. The Morgan fingerprint density at radius 3 is 2.70 bits per heavy atom. The van der Waals surface area contributed by atoms with E-state index in [1.807, 2.05) is 42.5 Å². The molecule has 0 bridgehead atoms. The summed E-state index contributed by atoms with van der Waals surface area (Å²) >= 11 is 1.60. The van der Waals surface area contributed by atoms with Gasteiger partial charge in [-0.3, -0.25) is 9.59 Å². The first-order valence-electron chi connectivity index (χ1n) is 9.92. The predicted octanol–water partition coefficient (Wildman–Crippen LogP) is 5.88. The minimum atomic E-state index is -0.0982. The molecule has 140 valence electrons. The maximum atomic E-state index is 12.6. The van der Waals surface area contributed by atoms with Gasteiger partial charge < -0.3 is 5.32 Å². The Bertz CT molecular complexity index is 855.